The number of hydrogen-bond donors (Lipinski definition) is 0. The maximum atomic E-state index is 12.3. The molecule has 0 N–H and O–H groups in total. The average molecular weight is 288 g/mol. The Labute approximate surface area is 121 Å². The van der Waals surface area contributed by atoms with Crippen LogP contribution in [-0.4, -0.2) is 47.8 Å². The molecular formula is C15H16N2O4. The largest absolute Gasteiger partial charge is 0.459 e. The van der Waals surface area contributed by atoms with Gasteiger partial charge in [0.2, 0.25) is 0 Å². The van der Waals surface area contributed by atoms with Gasteiger partial charge in [-0.1, -0.05) is 0 Å². The van der Waals surface area contributed by atoms with Crippen LogP contribution < -0.4 is 0 Å². The van der Waals surface area contributed by atoms with Gasteiger partial charge in [-0.25, -0.2) is 0 Å². The molecular weight excluding hydrogens is 272 g/mol. The Balaban J connectivity index is 1.62. The number of carbonyl (C=O) groups excluding carboxylic acids is 2. The molecule has 0 atom stereocenters. The average Bonchev–Trinajstić information content (AvgIpc) is 3.17. The maximum absolute atomic E-state index is 12.3. The van der Waals surface area contributed by atoms with Crippen LogP contribution in [0.5, 0.6) is 0 Å². The summed E-state index contributed by atoms with van der Waals surface area (Å²) < 4.78 is 10.3. The monoisotopic (exact) mass is 288 g/mol. The highest BCUT2D eigenvalue weighted by molar-refractivity contribution is 5.94. The first-order chi connectivity index (χ1) is 10.2. The lowest BCUT2D eigenvalue weighted by Gasteiger charge is -2.34. The van der Waals surface area contributed by atoms with Crippen molar-refractivity contribution in [3.63, 3.8) is 0 Å². The summed E-state index contributed by atoms with van der Waals surface area (Å²) in [5.41, 5.74) is 0.828. The molecule has 0 aliphatic carbocycles. The van der Waals surface area contributed by atoms with E-state index in [2.05, 4.69) is 0 Å². The van der Waals surface area contributed by atoms with Crippen LogP contribution in [-0.2, 0) is 0 Å². The fraction of sp³-hybridized carbons (Fsp3) is 0.333. The molecule has 0 unspecified atom stereocenters. The highest BCUT2D eigenvalue weighted by Gasteiger charge is 2.28. The molecule has 110 valence electrons. The van der Waals surface area contributed by atoms with Crippen molar-refractivity contribution in [1.29, 1.82) is 0 Å². The van der Waals surface area contributed by atoms with Crippen LogP contribution in [0.1, 0.15) is 26.7 Å². The van der Waals surface area contributed by atoms with Gasteiger partial charge in [0.25, 0.3) is 11.8 Å². The van der Waals surface area contributed by atoms with E-state index in [1.54, 1.807) is 28.0 Å². The standard InChI is InChI=1S/C15H16N2O4/c1-11-4-10-21-13(11)15(19)17-7-5-16(6-8-17)14(18)12-3-2-9-20-12/h2-4,9-10H,5-8H2,1H3. The molecule has 3 heterocycles. The molecule has 1 fully saturated rings. The fourth-order valence-corrected chi connectivity index (χ4v) is 2.40. The van der Waals surface area contributed by atoms with Crippen LogP contribution in [0.15, 0.2) is 39.6 Å². The van der Waals surface area contributed by atoms with E-state index in [9.17, 15) is 9.59 Å². The zero-order valence-corrected chi connectivity index (χ0v) is 11.7. The lowest BCUT2D eigenvalue weighted by atomic mass is 10.2. The molecule has 2 aromatic heterocycles. The molecule has 6 heteroatoms. The quantitative estimate of drug-likeness (QED) is 0.844. The molecule has 2 amide bonds. The molecule has 0 saturated carbocycles. The normalized spacial score (nSPS) is 15.3. The van der Waals surface area contributed by atoms with Gasteiger partial charge in [0.1, 0.15) is 0 Å². The van der Waals surface area contributed by atoms with E-state index < -0.39 is 0 Å². The van der Waals surface area contributed by atoms with Crippen LogP contribution in [0.3, 0.4) is 0 Å². The summed E-state index contributed by atoms with van der Waals surface area (Å²) in [6.07, 6.45) is 2.99. The number of carbonyl (C=O) groups is 2. The summed E-state index contributed by atoms with van der Waals surface area (Å²) in [5.74, 6) is 0.446. The van der Waals surface area contributed by atoms with Crippen molar-refractivity contribution in [2.24, 2.45) is 0 Å². The minimum atomic E-state index is -0.138. The van der Waals surface area contributed by atoms with Crippen molar-refractivity contribution in [2.45, 2.75) is 6.92 Å². The highest BCUT2D eigenvalue weighted by Crippen LogP contribution is 2.15. The van der Waals surface area contributed by atoms with Gasteiger partial charge in [-0.15, -0.1) is 0 Å². The Morgan fingerprint density at radius 1 is 0.952 bits per heavy atom. The number of amides is 2. The smallest absolute Gasteiger partial charge is 0.289 e. The van der Waals surface area contributed by atoms with Crippen LogP contribution in [0.4, 0.5) is 0 Å². The second kappa shape index (κ2) is 5.47. The number of nitrogens with zero attached hydrogens (tertiary/aromatic N) is 2. The Kier molecular flexibility index (Phi) is 3.51. The van der Waals surface area contributed by atoms with E-state index in [1.807, 2.05) is 6.92 Å². The van der Waals surface area contributed by atoms with Crippen LogP contribution in [0.2, 0.25) is 0 Å². The van der Waals surface area contributed by atoms with Gasteiger partial charge in [0, 0.05) is 31.7 Å². The summed E-state index contributed by atoms with van der Waals surface area (Å²) in [7, 11) is 0. The van der Waals surface area contributed by atoms with Crippen molar-refractivity contribution in [3.8, 4) is 0 Å². The SMILES string of the molecule is Cc1ccoc1C(=O)N1CCN(C(=O)c2ccco2)CC1. The zero-order valence-electron chi connectivity index (χ0n) is 11.7. The van der Waals surface area contributed by atoms with Crippen molar-refractivity contribution < 1.29 is 18.4 Å². The molecule has 1 saturated heterocycles. The zero-order chi connectivity index (χ0) is 14.8. The maximum Gasteiger partial charge on any atom is 0.289 e. The van der Waals surface area contributed by atoms with Gasteiger partial charge >= 0.3 is 0 Å². The third-order valence-corrected chi connectivity index (χ3v) is 3.64. The van der Waals surface area contributed by atoms with Crippen molar-refractivity contribution in [1.82, 2.24) is 9.80 Å². The van der Waals surface area contributed by atoms with Gasteiger partial charge in [0.15, 0.2) is 11.5 Å². The molecule has 0 aromatic carbocycles. The third-order valence-electron chi connectivity index (χ3n) is 3.64. The lowest BCUT2D eigenvalue weighted by molar-refractivity contribution is 0.0501. The van der Waals surface area contributed by atoms with Crippen LogP contribution >= 0.6 is 0 Å². The number of rotatable bonds is 2. The van der Waals surface area contributed by atoms with E-state index in [1.165, 1.54) is 12.5 Å². The molecule has 0 spiro atoms. The highest BCUT2D eigenvalue weighted by atomic mass is 16.3. The van der Waals surface area contributed by atoms with Crippen LogP contribution in [0.25, 0.3) is 0 Å². The number of piperazine rings is 1. The third kappa shape index (κ3) is 2.56. The second-order valence-electron chi connectivity index (χ2n) is 4.99. The second-order valence-corrected chi connectivity index (χ2v) is 4.99. The molecule has 0 bridgehead atoms. The predicted octanol–water partition coefficient (Wildman–Crippen LogP) is 1.78. The van der Waals surface area contributed by atoms with E-state index in [0.717, 1.165) is 5.56 Å². The summed E-state index contributed by atoms with van der Waals surface area (Å²) in [6.45, 7) is 3.81. The number of aryl methyl sites for hydroxylation is 1. The molecule has 21 heavy (non-hydrogen) atoms. The summed E-state index contributed by atoms with van der Waals surface area (Å²) in [4.78, 5) is 27.8. The Hall–Kier alpha value is -2.50. The topological polar surface area (TPSA) is 66.9 Å². The first kappa shape index (κ1) is 13.5. The fourth-order valence-electron chi connectivity index (χ4n) is 2.40. The minimum absolute atomic E-state index is 0.123. The molecule has 1 aliphatic rings. The van der Waals surface area contributed by atoms with Gasteiger partial charge in [0.05, 0.1) is 12.5 Å². The Morgan fingerprint density at radius 2 is 1.62 bits per heavy atom. The first-order valence-electron chi connectivity index (χ1n) is 6.83. The summed E-state index contributed by atoms with van der Waals surface area (Å²) in [5, 5.41) is 0. The molecule has 6 nitrogen and oxygen atoms in total. The molecule has 3 rings (SSSR count). The Morgan fingerprint density at radius 3 is 2.14 bits per heavy atom. The number of hydrogen-bond acceptors (Lipinski definition) is 4. The molecule has 0 radical (unpaired) electrons. The van der Waals surface area contributed by atoms with Gasteiger partial charge in [-0.3, -0.25) is 9.59 Å². The molecule has 1 aliphatic heterocycles. The van der Waals surface area contributed by atoms with E-state index in [4.69, 9.17) is 8.83 Å². The summed E-state index contributed by atoms with van der Waals surface area (Å²) in [6, 6.07) is 5.10. The van der Waals surface area contributed by atoms with E-state index >= 15 is 0 Å². The molecule has 2 aromatic rings. The predicted molar refractivity (Wildman–Crippen MR) is 74.0 cm³/mol. The first-order valence-corrected chi connectivity index (χ1v) is 6.83. The minimum Gasteiger partial charge on any atom is -0.459 e. The van der Waals surface area contributed by atoms with Gasteiger partial charge < -0.3 is 18.6 Å². The lowest BCUT2D eigenvalue weighted by Crippen LogP contribution is -2.50. The van der Waals surface area contributed by atoms with E-state index in [-0.39, 0.29) is 11.8 Å². The van der Waals surface area contributed by atoms with Gasteiger partial charge in [-0.2, -0.15) is 0 Å². The van der Waals surface area contributed by atoms with Gasteiger partial charge in [-0.05, 0) is 25.1 Å². The van der Waals surface area contributed by atoms with Crippen molar-refractivity contribution in [3.05, 3.63) is 47.8 Å². The van der Waals surface area contributed by atoms with Crippen molar-refractivity contribution >= 4 is 11.8 Å². The van der Waals surface area contributed by atoms with Crippen molar-refractivity contribution in [2.75, 3.05) is 26.2 Å². The van der Waals surface area contributed by atoms with E-state index in [0.29, 0.717) is 37.7 Å². The summed E-state index contributed by atoms with van der Waals surface area (Å²) >= 11 is 0. The number of furan rings is 2. The Bertz CT molecular complexity index is 636. The van der Waals surface area contributed by atoms with Crippen LogP contribution in [0, 0.1) is 6.92 Å².